The Morgan fingerprint density at radius 3 is 2.64 bits per heavy atom. The number of hydrogen-bond acceptors (Lipinski definition) is 4. The van der Waals surface area contributed by atoms with Gasteiger partial charge in [0, 0.05) is 31.5 Å². The minimum Gasteiger partial charge on any atom is -0.478 e. The molecule has 1 aliphatic heterocycles. The minimum atomic E-state index is -1.02. The Morgan fingerprint density at radius 2 is 2.04 bits per heavy atom. The van der Waals surface area contributed by atoms with Gasteiger partial charge in [0.05, 0.1) is 24.5 Å². The van der Waals surface area contributed by atoms with Gasteiger partial charge in [-0.05, 0) is 39.2 Å². The normalized spacial score (nSPS) is 17.4. The Kier molecular flexibility index (Phi) is 6.22. The zero-order valence-corrected chi connectivity index (χ0v) is 15.1. The lowest BCUT2D eigenvalue weighted by molar-refractivity contribution is -0.151. The Balaban J connectivity index is 2.14. The van der Waals surface area contributed by atoms with Gasteiger partial charge >= 0.3 is 11.9 Å². The topological polar surface area (TPSA) is 88.8 Å². The first kappa shape index (κ1) is 19.0. The Labute approximate surface area is 147 Å². The van der Waals surface area contributed by atoms with Gasteiger partial charge in [0.15, 0.2) is 0 Å². The van der Waals surface area contributed by atoms with Crippen LogP contribution >= 0.6 is 0 Å². The first-order chi connectivity index (χ1) is 11.9. The maximum absolute atomic E-state index is 12.7. The fraction of sp³-hybridized carbons (Fsp3) is 0.611. The second-order valence-electron chi connectivity index (χ2n) is 6.33. The number of nitrogens with zero attached hydrogens (tertiary/aromatic N) is 2. The molecule has 1 fully saturated rings. The molecule has 25 heavy (non-hydrogen) atoms. The zero-order valence-electron chi connectivity index (χ0n) is 15.1. The van der Waals surface area contributed by atoms with E-state index < -0.39 is 5.97 Å². The number of carboxylic acid groups (broad SMARTS) is 1. The third kappa shape index (κ3) is 4.21. The fourth-order valence-electron chi connectivity index (χ4n) is 3.42. The highest BCUT2D eigenvalue weighted by Crippen LogP contribution is 2.22. The maximum atomic E-state index is 12.7. The number of carbonyl (C=O) groups is 3. The quantitative estimate of drug-likeness (QED) is 0.791. The van der Waals surface area contributed by atoms with Crippen molar-refractivity contribution in [2.24, 2.45) is 5.92 Å². The van der Waals surface area contributed by atoms with E-state index in [2.05, 4.69) is 0 Å². The molecule has 1 N–H and O–H groups in total. The summed E-state index contributed by atoms with van der Waals surface area (Å²) in [5.74, 6) is -1.73. The van der Waals surface area contributed by atoms with Gasteiger partial charge in [0.1, 0.15) is 0 Å². The second kappa shape index (κ2) is 8.18. The van der Waals surface area contributed by atoms with Crippen LogP contribution in [-0.2, 0) is 27.3 Å². The minimum absolute atomic E-state index is 0.0266. The molecule has 1 aliphatic rings. The molecule has 1 atom stereocenters. The highest BCUT2D eigenvalue weighted by molar-refractivity contribution is 5.93. The van der Waals surface area contributed by atoms with Crippen molar-refractivity contribution < 1.29 is 24.2 Å². The molecule has 1 unspecified atom stereocenters. The van der Waals surface area contributed by atoms with Crippen LogP contribution in [0.4, 0.5) is 0 Å². The summed E-state index contributed by atoms with van der Waals surface area (Å²) in [7, 11) is 0. The van der Waals surface area contributed by atoms with Crippen LogP contribution in [-0.4, -0.2) is 52.1 Å². The van der Waals surface area contributed by atoms with Crippen molar-refractivity contribution in [1.82, 2.24) is 9.47 Å². The third-order valence-corrected chi connectivity index (χ3v) is 4.65. The number of rotatable bonds is 6. The van der Waals surface area contributed by atoms with Crippen molar-refractivity contribution in [1.29, 1.82) is 0 Å². The van der Waals surface area contributed by atoms with E-state index in [-0.39, 0.29) is 29.8 Å². The number of carboxylic acids is 1. The van der Waals surface area contributed by atoms with Crippen molar-refractivity contribution in [2.45, 2.75) is 46.6 Å². The van der Waals surface area contributed by atoms with Crippen molar-refractivity contribution in [2.75, 3.05) is 19.7 Å². The molecule has 1 saturated heterocycles. The van der Waals surface area contributed by atoms with Gasteiger partial charge in [-0.25, -0.2) is 4.79 Å². The number of amides is 1. The first-order valence-corrected chi connectivity index (χ1v) is 8.75. The summed E-state index contributed by atoms with van der Waals surface area (Å²) in [4.78, 5) is 37.8. The summed E-state index contributed by atoms with van der Waals surface area (Å²) in [6.45, 7) is 7.27. The van der Waals surface area contributed by atoms with Crippen LogP contribution in [0.15, 0.2) is 6.20 Å². The molecule has 1 aromatic heterocycles. The number of hydrogen-bond donors (Lipinski definition) is 1. The van der Waals surface area contributed by atoms with Crippen LogP contribution in [0.25, 0.3) is 0 Å². The number of esters is 1. The molecular weight excluding hydrogens is 324 g/mol. The van der Waals surface area contributed by atoms with Crippen molar-refractivity contribution in [3.05, 3.63) is 23.0 Å². The summed E-state index contributed by atoms with van der Waals surface area (Å²) in [5.41, 5.74) is 1.38. The average molecular weight is 350 g/mol. The molecule has 138 valence electrons. The van der Waals surface area contributed by atoms with Crippen molar-refractivity contribution in [3.8, 4) is 0 Å². The smallest absolute Gasteiger partial charge is 0.337 e. The molecule has 1 amide bonds. The molecule has 0 aromatic carbocycles. The molecule has 7 nitrogen and oxygen atoms in total. The van der Waals surface area contributed by atoms with Gasteiger partial charge < -0.3 is 19.3 Å². The van der Waals surface area contributed by atoms with E-state index in [4.69, 9.17) is 4.74 Å². The third-order valence-electron chi connectivity index (χ3n) is 4.65. The summed E-state index contributed by atoms with van der Waals surface area (Å²) in [5, 5.41) is 9.45. The van der Waals surface area contributed by atoms with E-state index in [1.54, 1.807) is 24.9 Å². The van der Waals surface area contributed by atoms with Gasteiger partial charge in [0.25, 0.3) is 0 Å². The van der Waals surface area contributed by atoms with Crippen LogP contribution in [0.5, 0.6) is 0 Å². The molecule has 0 bridgehead atoms. The second-order valence-corrected chi connectivity index (χ2v) is 6.33. The Bertz CT molecular complexity index is 665. The number of piperidine rings is 1. The van der Waals surface area contributed by atoms with Crippen molar-refractivity contribution in [3.63, 3.8) is 0 Å². The summed E-state index contributed by atoms with van der Waals surface area (Å²) < 4.78 is 6.87. The summed E-state index contributed by atoms with van der Waals surface area (Å²) in [6, 6.07) is 0. The largest absolute Gasteiger partial charge is 0.478 e. The Hall–Kier alpha value is -2.31. The maximum Gasteiger partial charge on any atom is 0.337 e. The fourth-order valence-corrected chi connectivity index (χ4v) is 3.42. The van der Waals surface area contributed by atoms with Crippen LogP contribution in [0.1, 0.15) is 48.3 Å². The summed E-state index contributed by atoms with van der Waals surface area (Å²) in [6.07, 6.45) is 3.25. The van der Waals surface area contributed by atoms with E-state index in [9.17, 15) is 19.5 Å². The number of carbonyl (C=O) groups excluding carboxylic acids is 2. The standard InChI is InChI=1S/C18H26N2O5/c1-4-19-10-12(3)16(17(22)23)14(19)9-15(21)20-8-6-7-13(11-20)18(24)25-5-2/h10,13H,4-9,11H2,1-3H3,(H,22,23). The average Bonchev–Trinajstić information content (AvgIpc) is 2.90. The predicted octanol–water partition coefficient (Wildman–Crippen LogP) is 1.86. The number of aromatic nitrogens is 1. The number of ether oxygens (including phenoxy) is 1. The van der Waals surface area contributed by atoms with E-state index in [0.717, 1.165) is 6.42 Å². The van der Waals surface area contributed by atoms with Gasteiger partial charge in [-0.3, -0.25) is 9.59 Å². The molecule has 0 radical (unpaired) electrons. The van der Waals surface area contributed by atoms with Crippen LogP contribution in [0, 0.1) is 12.8 Å². The predicted molar refractivity (Wildman–Crippen MR) is 91.4 cm³/mol. The van der Waals surface area contributed by atoms with Gasteiger partial charge in [-0.2, -0.15) is 0 Å². The number of aromatic carboxylic acids is 1. The first-order valence-electron chi connectivity index (χ1n) is 8.75. The molecule has 2 heterocycles. The van der Waals surface area contributed by atoms with Gasteiger partial charge in [-0.15, -0.1) is 0 Å². The van der Waals surface area contributed by atoms with Crippen LogP contribution in [0.3, 0.4) is 0 Å². The highest BCUT2D eigenvalue weighted by atomic mass is 16.5. The Morgan fingerprint density at radius 1 is 1.32 bits per heavy atom. The van der Waals surface area contributed by atoms with E-state index in [1.807, 2.05) is 11.5 Å². The molecule has 1 aromatic rings. The lowest BCUT2D eigenvalue weighted by Crippen LogP contribution is -2.43. The summed E-state index contributed by atoms with van der Waals surface area (Å²) >= 11 is 0. The number of likely N-dealkylation sites (tertiary alicyclic amines) is 1. The molecule has 0 spiro atoms. The van der Waals surface area contributed by atoms with E-state index >= 15 is 0 Å². The molecule has 7 heteroatoms. The van der Waals surface area contributed by atoms with E-state index in [1.165, 1.54) is 0 Å². The lowest BCUT2D eigenvalue weighted by Gasteiger charge is -2.31. The molecule has 0 saturated carbocycles. The zero-order chi connectivity index (χ0) is 18.6. The van der Waals surface area contributed by atoms with E-state index in [0.29, 0.717) is 43.9 Å². The SMILES string of the molecule is CCOC(=O)C1CCCN(C(=O)Cc2c(C(=O)O)c(C)cn2CC)C1. The molecule has 2 rings (SSSR count). The van der Waals surface area contributed by atoms with Crippen molar-refractivity contribution >= 4 is 17.8 Å². The van der Waals surface area contributed by atoms with Crippen LogP contribution in [0.2, 0.25) is 0 Å². The molecule has 0 aliphatic carbocycles. The highest BCUT2D eigenvalue weighted by Gasteiger charge is 2.30. The lowest BCUT2D eigenvalue weighted by atomic mass is 9.97. The van der Waals surface area contributed by atoms with Crippen LogP contribution < -0.4 is 0 Å². The van der Waals surface area contributed by atoms with Gasteiger partial charge in [0.2, 0.25) is 5.91 Å². The number of aryl methyl sites for hydroxylation is 2. The molecular formula is C18H26N2O5. The monoisotopic (exact) mass is 350 g/mol. The van der Waals surface area contributed by atoms with Gasteiger partial charge in [-0.1, -0.05) is 0 Å².